The van der Waals surface area contributed by atoms with Crippen molar-refractivity contribution in [1.29, 1.82) is 0 Å². The molecule has 1 aromatic rings. The average molecular weight is 322 g/mol. The number of amides is 1. The Bertz CT molecular complexity index is 538. The lowest BCUT2D eigenvalue weighted by Crippen LogP contribution is -2.43. The van der Waals surface area contributed by atoms with Gasteiger partial charge in [0.1, 0.15) is 5.82 Å². The lowest BCUT2D eigenvalue weighted by molar-refractivity contribution is -0.128. The molecular weight excluding hydrogens is 295 g/mol. The van der Waals surface area contributed by atoms with E-state index in [-0.39, 0.29) is 18.3 Å². The molecule has 0 heterocycles. The quantitative estimate of drug-likeness (QED) is 0.427. The van der Waals surface area contributed by atoms with Crippen molar-refractivity contribution >= 4 is 11.9 Å². The van der Waals surface area contributed by atoms with Gasteiger partial charge in [-0.25, -0.2) is 9.38 Å². The Morgan fingerprint density at radius 1 is 1.13 bits per heavy atom. The van der Waals surface area contributed by atoms with Gasteiger partial charge in [0.25, 0.3) is 0 Å². The summed E-state index contributed by atoms with van der Waals surface area (Å²) in [5, 5.41) is 9.07. The molecule has 1 rings (SSSR count). The summed E-state index contributed by atoms with van der Waals surface area (Å²) in [6, 6.07) is 6.58. The minimum Gasteiger partial charge on any atom is -0.357 e. The van der Waals surface area contributed by atoms with Gasteiger partial charge in [-0.2, -0.15) is 0 Å². The van der Waals surface area contributed by atoms with E-state index < -0.39 is 5.41 Å². The van der Waals surface area contributed by atoms with Gasteiger partial charge in [0.2, 0.25) is 5.91 Å². The highest BCUT2D eigenvalue weighted by molar-refractivity contribution is 5.81. The number of hydrogen-bond donors (Lipinski definition) is 3. The smallest absolute Gasteiger partial charge is 0.225 e. The molecule has 0 bridgehead atoms. The Kier molecular flexibility index (Phi) is 7.51. The van der Waals surface area contributed by atoms with E-state index in [1.807, 2.05) is 27.7 Å². The van der Waals surface area contributed by atoms with Gasteiger partial charge in [-0.1, -0.05) is 39.0 Å². The molecule has 0 saturated carbocycles. The summed E-state index contributed by atoms with van der Waals surface area (Å²) in [5.41, 5.74) is 0.148. The largest absolute Gasteiger partial charge is 0.357 e. The van der Waals surface area contributed by atoms with Crippen molar-refractivity contribution < 1.29 is 9.18 Å². The van der Waals surface area contributed by atoms with Crippen molar-refractivity contribution in [3.8, 4) is 0 Å². The van der Waals surface area contributed by atoms with E-state index >= 15 is 0 Å². The molecule has 0 radical (unpaired) electrons. The molecule has 0 aliphatic rings. The molecule has 23 heavy (non-hydrogen) atoms. The highest BCUT2D eigenvalue weighted by Crippen LogP contribution is 2.11. The van der Waals surface area contributed by atoms with Crippen LogP contribution >= 0.6 is 0 Å². The maximum Gasteiger partial charge on any atom is 0.225 e. The van der Waals surface area contributed by atoms with Crippen LogP contribution in [0, 0.1) is 11.2 Å². The molecule has 6 heteroatoms. The number of aliphatic imine (C=N–C) groups is 1. The number of rotatable bonds is 6. The lowest BCUT2D eigenvalue weighted by atomic mass is 9.96. The van der Waals surface area contributed by atoms with E-state index in [1.165, 1.54) is 6.07 Å². The van der Waals surface area contributed by atoms with Crippen LogP contribution in [0.3, 0.4) is 0 Å². The monoisotopic (exact) mass is 322 g/mol. The van der Waals surface area contributed by atoms with E-state index in [2.05, 4.69) is 20.9 Å². The first kappa shape index (κ1) is 18.9. The predicted molar refractivity (Wildman–Crippen MR) is 91.7 cm³/mol. The molecule has 1 aromatic carbocycles. The fourth-order valence-corrected chi connectivity index (χ4v) is 1.75. The van der Waals surface area contributed by atoms with Gasteiger partial charge in [0.05, 0.1) is 6.54 Å². The van der Waals surface area contributed by atoms with E-state index in [0.717, 1.165) is 0 Å². The molecule has 5 nitrogen and oxygen atoms in total. The van der Waals surface area contributed by atoms with Gasteiger partial charge in [-0.3, -0.25) is 4.79 Å². The highest BCUT2D eigenvalue weighted by atomic mass is 19.1. The zero-order valence-electron chi connectivity index (χ0n) is 14.4. The molecule has 0 aromatic heterocycles. The lowest BCUT2D eigenvalue weighted by Gasteiger charge is -2.18. The molecule has 128 valence electrons. The third-order valence-corrected chi connectivity index (χ3v) is 3.09. The van der Waals surface area contributed by atoms with Gasteiger partial charge < -0.3 is 16.0 Å². The van der Waals surface area contributed by atoms with Crippen LogP contribution in [0.2, 0.25) is 0 Å². The zero-order chi connectivity index (χ0) is 17.3. The van der Waals surface area contributed by atoms with Crippen molar-refractivity contribution in [3.05, 3.63) is 35.6 Å². The van der Waals surface area contributed by atoms with Crippen LogP contribution in [0.15, 0.2) is 29.3 Å². The first-order chi connectivity index (χ1) is 10.8. The van der Waals surface area contributed by atoms with Crippen molar-refractivity contribution in [3.63, 3.8) is 0 Å². The van der Waals surface area contributed by atoms with Gasteiger partial charge in [-0.05, 0) is 13.0 Å². The van der Waals surface area contributed by atoms with Gasteiger partial charge in [0, 0.05) is 30.6 Å². The normalized spacial score (nSPS) is 12.0. The fourth-order valence-electron chi connectivity index (χ4n) is 1.75. The third-order valence-electron chi connectivity index (χ3n) is 3.09. The number of carbonyl (C=O) groups excluding carboxylic acids is 1. The SMILES string of the molecule is CCNC(=NCc1ccccc1F)NCCNC(=O)C(C)(C)C. The summed E-state index contributed by atoms with van der Waals surface area (Å²) in [7, 11) is 0. The van der Waals surface area contributed by atoms with Crippen LogP contribution in [0.4, 0.5) is 4.39 Å². The van der Waals surface area contributed by atoms with E-state index in [0.29, 0.717) is 31.2 Å². The number of nitrogens with one attached hydrogen (secondary N) is 3. The van der Waals surface area contributed by atoms with Gasteiger partial charge >= 0.3 is 0 Å². The number of hydrogen-bond acceptors (Lipinski definition) is 2. The Morgan fingerprint density at radius 2 is 1.78 bits per heavy atom. The van der Waals surface area contributed by atoms with Gasteiger partial charge in [0.15, 0.2) is 5.96 Å². The first-order valence-corrected chi connectivity index (χ1v) is 7.88. The van der Waals surface area contributed by atoms with Crippen LogP contribution in [-0.2, 0) is 11.3 Å². The van der Waals surface area contributed by atoms with Crippen LogP contribution in [0.1, 0.15) is 33.3 Å². The molecule has 0 unspecified atom stereocenters. The van der Waals surface area contributed by atoms with Crippen molar-refractivity contribution in [2.75, 3.05) is 19.6 Å². The number of nitrogens with zero attached hydrogens (tertiary/aromatic N) is 1. The molecular formula is C17H27FN4O. The molecule has 0 atom stereocenters. The molecule has 0 fully saturated rings. The van der Waals surface area contributed by atoms with Crippen LogP contribution in [-0.4, -0.2) is 31.5 Å². The summed E-state index contributed by atoms with van der Waals surface area (Å²) in [6.07, 6.45) is 0. The van der Waals surface area contributed by atoms with Crippen LogP contribution < -0.4 is 16.0 Å². The van der Waals surface area contributed by atoms with Crippen LogP contribution in [0.25, 0.3) is 0 Å². The average Bonchev–Trinajstić information content (AvgIpc) is 2.49. The number of benzene rings is 1. The molecule has 3 N–H and O–H groups in total. The highest BCUT2D eigenvalue weighted by Gasteiger charge is 2.20. The third kappa shape index (κ3) is 7.13. The number of halogens is 1. The number of guanidine groups is 1. The Labute approximate surface area is 137 Å². The fraction of sp³-hybridized carbons (Fsp3) is 0.529. The maximum absolute atomic E-state index is 13.6. The topological polar surface area (TPSA) is 65.5 Å². The van der Waals surface area contributed by atoms with Crippen molar-refractivity contribution in [2.24, 2.45) is 10.4 Å². The predicted octanol–water partition coefficient (Wildman–Crippen LogP) is 2.04. The molecule has 0 aliphatic heterocycles. The van der Waals surface area contributed by atoms with Crippen LogP contribution in [0.5, 0.6) is 0 Å². The molecule has 0 aliphatic carbocycles. The Balaban J connectivity index is 2.47. The summed E-state index contributed by atoms with van der Waals surface area (Å²) in [6.45, 7) is 9.59. The minimum absolute atomic E-state index is 0.00703. The second-order valence-electron chi connectivity index (χ2n) is 6.22. The molecule has 0 saturated heterocycles. The Hall–Kier alpha value is -2.11. The summed E-state index contributed by atoms with van der Waals surface area (Å²) >= 11 is 0. The molecule has 0 spiro atoms. The van der Waals surface area contributed by atoms with Crippen molar-refractivity contribution in [1.82, 2.24) is 16.0 Å². The van der Waals surface area contributed by atoms with E-state index in [4.69, 9.17) is 0 Å². The summed E-state index contributed by atoms with van der Waals surface area (Å²) in [4.78, 5) is 16.1. The minimum atomic E-state index is -0.399. The second-order valence-corrected chi connectivity index (χ2v) is 6.22. The van der Waals surface area contributed by atoms with E-state index in [1.54, 1.807) is 18.2 Å². The summed E-state index contributed by atoms with van der Waals surface area (Å²) < 4.78 is 13.6. The molecule has 1 amide bonds. The van der Waals surface area contributed by atoms with E-state index in [9.17, 15) is 9.18 Å². The Morgan fingerprint density at radius 3 is 2.39 bits per heavy atom. The second kappa shape index (κ2) is 9.12. The van der Waals surface area contributed by atoms with Crippen molar-refractivity contribution in [2.45, 2.75) is 34.2 Å². The van der Waals surface area contributed by atoms with Gasteiger partial charge in [-0.15, -0.1) is 0 Å². The standard InChI is InChI=1S/C17H27FN4O/c1-5-19-16(21-11-10-20-15(23)17(2,3)4)22-12-13-8-6-7-9-14(13)18/h6-9H,5,10-12H2,1-4H3,(H,20,23)(H2,19,21,22). The maximum atomic E-state index is 13.6. The first-order valence-electron chi connectivity index (χ1n) is 7.88. The zero-order valence-corrected chi connectivity index (χ0v) is 14.4. The summed E-state index contributed by atoms with van der Waals surface area (Å²) in [5.74, 6) is 0.345. The number of carbonyl (C=O) groups is 1.